The molecule has 1 atom stereocenters. The predicted octanol–water partition coefficient (Wildman–Crippen LogP) is 1.71. The van der Waals surface area contributed by atoms with E-state index in [1.807, 2.05) is 42.5 Å². The highest BCUT2D eigenvalue weighted by molar-refractivity contribution is 7.91. The van der Waals surface area contributed by atoms with Gasteiger partial charge in [0.25, 0.3) is 5.56 Å². The Bertz CT molecular complexity index is 1240. The molecule has 2 heterocycles. The molecule has 29 heavy (non-hydrogen) atoms. The van der Waals surface area contributed by atoms with E-state index in [0.717, 1.165) is 21.0 Å². The molecule has 150 valence electrons. The second-order valence-electron chi connectivity index (χ2n) is 7.30. The van der Waals surface area contributed by atoms with E-state index in [1.165, 1.54) is 11.0 Å². The van der Waals surface area contributed by atoms with Gasteiger partial charge in [0.15, 0.2) is 9.84 Å². The van der Waals surface area contributed by atoms with Crippen molar-refractivity contribution in [3.63, 3.8) is 0 Å². The molecule has 0 radical (unpaired) electrons. The SMILES string of the molecule is CN(C(=O)Cn1nc(-c2cccc3ccccc23)ccc1=O)[C@@H]1CCS(=O)(=O)C1. The van der Waals surface area contributed by atoms with E-state index in [0.29, 0.717) is 12.1 Å². The van der Waals surface area contributed by atoms with E-state index in [1.54, 1.807) is 13.1 Å². The van der Waals surface area contributed by atoms with Gasteiger partial charge in [0.2, 0.25) is 5.91 Å². The molecule has 0 N–H and O–H groups in total. The summed E-state index contributed by atoms with van der Waals surface area (Å²) in [6.45, 7) is -0.232. The summed E-state index contributed by atoms with van der Waals surface area (Å²) < 4.78 is 24.5. The summed E-state index contributed by atoms with van der Waals surface area (Å²) >= 11 is 0. The Morgan fingerprint density at radius 1 is 1.14 bits per heavy atom. The quantitative estimate of drug-likeness (QED) is 0.652. The fourth-order valence-electron chi connectivity index (χ4n) is 3.68. The van der Waals surface area contributed by atoms with Crippen LogP contribution in [0.4, 0.5) is 0 Å². The van der Waals surface area contributed by atoms with E-state index in [2.05, 4.69) is 5.10 Å². The topological polar surface area (TPSA) is 89.3 Å². The molecule has 0 unspecified atom stereocenters. The fourth-order valence-corrected chi connectivity index (χ4v) is 5.45. The number of carbonyl (C=O) groups is 1. The molecule has 8 heteroatoms. The van der Waals surface area contributed by atoms with E-state index < -0.39 is 9.84 Å². The second-order valence-corrected chi connectivity index (χ2v) is 9.53. The smallest absolute Gasteiger partial charge is 0.267 e. The van der Waals surface area contributed by atoms with Crippen LogP contribution in [-0.4, -0.2) is 53.6 Å². The summed E-state index contributed by atoms with van der Waals surface area (Å²) in [5, 5.41) is 6.47. The molecule has 4 rings (SSSR count). The van der Waals surface area contributed by atoms with E-state index in [-0.39, 0.29) is 35.6 Å². The van der Waals surface area contributed by atoms with Crippen molar-refractivity contribution in [1.29, 1.82) is 0 Å². The van der Waals surface area contributed by atoms with Gasteiger partial charge in [-0.05, 0) is 23.3 Å². The molecule has 1 fully saturated rings. The number of aromatic nitrogens is 2. The molecule has 0 aliphatic carbocycles. The lowest BCUT2D eigenvalue weighted by molar-refractivity contribution is -0.132. The predicted molar refractivity (Wildman–Crippen MR) is 111 cm³/mol. The summed E-state index contributed by atoms with van der Waals surface area (Å²) in [5.74, 6) is -0.283. The average Bonchev–Trinajstić information content (AvgIpc) is 3.08. The van der Waals surface area contributed by atoms with Gasteiger partial charge in [-0.3, -0.25) is 9.59 Å². The van der Waals surface area contributed by atoms with Crippen LogP contribution in [0.3, 0.4) is 0 Å². The lowest BCUT2D eigenvalue weighted by Crippen LogP contribution is -2.41. The van der Waals surface area contributed by atoms with Crippen LogP contribution < -0.4 is 5.56 Å². The molecule has 3 aromatic rings. The highest BCUT2D eigenvalue weighted by Gasteiger charge is 2.32. The molecule has 1 amide bonds. The Kier molecular flexibility index (Phi) is 4.96. The van der Waals surface area contributed by atoms with Crippen LogP contribution >= 0.6 is 0 Å². The maximum atomic E-state index is 12.7. The molecule has 7 nitrogen and oxygen atoms in total. The first-order chi connectivity index (χ1) is 13.8. The molecule has 0 spiro atoms. The highest BCUT2D eigenvalue weighted by atomic mass is 32.2. The number of amides is 1. The number of rotatable bonds is 4. The zero-order valence-electron chi connectivity index (χ0n) is 16.0. The molecule has 1 saturated heterocycles. The van der Waals surface area contributed by atoms with E-state index in [4.69, 9.17) is 0 Å². The minimum absolute atomic E-state index is 0.0341. The maximum Gasteiger partial charge on any atom is 0.267 e. The normalized spacial score (nSPS) is 18.0. The Balaban J connectivity index is 1.62. The van der Waals surface area contributed by atoms with E-state index in [9.17, 15) is 18.0 Å². The van der Waals surface area contributed by atoms with Gasteiger partial charge < -0.3 is 4.90 Å². The number of likely N-dealkylation sites (N-methyl/N-ethyl adjacent to an activating group) is 1. The Morgan fingerprint density at radius 3 is 2.66 bits per heavy atom. The minimum Gasteiger partial charge on any atom is -0.340 e. The lowest BCUT2D eigenvalue weighted by Gasteiger charge is -2.23. The number of nitrogens with zero attached hydrogens (tertiary/aromatic N) is 3. The minimum atomic E-state index is -3.10. The number of sulfone groups is 1. The molecule has 1 aliphatic heterocycles. The molecular weight excluding hydrogens is 390 g/mol. The van der Waals surface area contributed by atoms with Crippen molar-refractivity contribution in [3.8, 4) is 11.3 Å². The van der Waals surface area contributed by atoms with Gasteiger partial charge in [0.05, 0.1) is 17.2 Å². The van der Waals surface area contributed by atoms with Gasteiger partial charge in [-0.1, -0.05) is 42.5 Å². The van der Waals surface area contributed by atoms with Crippen molar-refractivity contribution in [2.75, 3.05) is 18.6 Å². The number of hydrogen-bond acceptors (Lipinski definition) is 5. The molecule has 2 aromatic carbocycles. The van der Waals surface area contributed by atoms with Gasteiger partial charge in [-0.15, -0.1) is 0 Å². The van der Waals surface area contributed by atoms with Gasteiger partial charge in [-0.2, -0.15) is 5.10 Å². The molecule has 1 aliphatic rings. The maximum absolute atomic E-state index is 12.7. The zero-order valence-corrected chi connectivity index (χ0v) is 16.8. The first-order valence-electron chi connectivity index (χ1n) is 9.36. The van der Waals surface area contributed by atoms with Crippen molar-refractivity contribution in [2.45, 2.75) is 19.0 Å². The van der Waals surface area contributed by atoms with Crippen LogP contribution in [0.5, 0.6) is 0 Å². The summed E-state index contributed by atoms with van der Waals surface area (Å²) in [4.78, 5) is 26.4. The highest BCUT2D eigenvalue weighted by Crippen LogP contribution is 2.26. The van der Waals surface area contributed by atoms with Gasteiger partial charge >= 0.3 is 0 Å². The number of benzene rings is 2. The van der Waals surface area contributed by atoms with Crippen LogP contribution in [0.25, 0.3) is 22.0 Å². The molecule has 0 bridgehead atoms. The molecular formula is C21H21N3O4S. The van der Waals surface area contributed by atoms with Crippen LogP contribution in [0.2, 0.25) is 0 Å². The van der Waals surface area contributed by atoms with Crippen molar-refractivity contribution in [3.05, 3.63) is 65.0 Å². The fraction of sp³-hybridized carbons (Fsp3) is 0.286. The summed E-state index contributed by atoms with van der Waals surface area (Å²) in [7, 11) is -1.52. The Labute approximate surface area is 168 Å². The number of fused-ring (bicyclic) bond motifs is 1. The largest absolute Gasteiger partial charge is 0.340 e. The van der Waals surface area contributed by atoms with Crippen LogP contribution in [0.1, 0.15) is 6.42 Å². The third kappa shape index (κ3) is 3.93. The van der Waals surface area contributed by atoms with Crippen LogP contribution in [0.15, 0.2) is 59.4 Å². The third-order valence-electron chi connectivity index (χ3n) is 5.37. The van der Waals surface area contributed by atoms with Crippen LogP contribution in [-0.2, 0) is 21.2 Å². The van der Waals surface area contributed by atoms with Crippen molar-refractivity contribution >= 4 is 26.5 Å². The second kappa shape index (κ2) is 7.44. The first kappa shape index (κ1) is 19.3. The summed E-state index contributed by atoms with van der Waals surface area (Å²) in [6, 6.07) is 16.4. The van der Waals surface area contributed by atoms with Crippen LogP contribution in [0, 0.1) is 0 Å². The standard InChI is InChI=1S/C21H21N3O4S/c1-23(16-11-12-29(27,28)14-16)21(26)13-24-20(25)10-9-19(22-24)18-8-4-6-15-5-2-3-7-17(15)18/h2-10,16H,11-14H2,1H3/t16-/m1/s1. The monoisotopic (exact) mass is 411 g/mol. The van der Waals surface area contributed by atoms with Gasteiger partial charge in [0.1, 0.15) is 6.54 Å². The van der Waals surface area contributed by atoms with E-state index >= 15 is 0 Å². The summed E-state index contributed by atoms with van der Waals surface area (Å²) in [6.07, 6.45) is 0.420. The Morgan fingerprint density at radius 2 is 1.90 bits per heavy atom. The van der Waals surface area contributed by atoms with Crippen molar-refractivity contribution in [2.24, 2.45) is 0 Å². The van der Waals surface area contributed by atoms with Crippen molar-refractivity contribution < 1.29 is 13.2 Å². The zero-order chi connectivity index (χ0) is 20.6. The third-order valence-corrected chi connectivity index (χ3v) is 7.12. The Hall–Kier alpha value is -3.00. The summed E-state index contributed by atoms with van der Waals surface area (Å²) in [5.41, 5.74) is 1.09. The molecule has 1 aromatic heterocycles. The number of hydrogen-bond donors (Lipinski definition) is 0. The van der Waals surface area contributed by atoms with Gasteiger partial charge in [-0.25, -0.2) is 13.1 Å². The average molecular weight is 411 g/mol. The van der Waals surface area contributed by atoms with Crippen molar-refractivity contribution in [1.82, 2.24) is 14.7 Å². The molecule has 0 saturated carbocycles. The number of carbonyl (C=O) groups excluding carboxylic acids is 1. The lowest BCUT2D eigenvalue weighted by atomic mass is 10.0. The first-order valence-corrected chi connectivity index (χ1v) is 11.2. The van der Waals surface area contributed by atoms with Gasteiger partial charge in [0, 0.05) is 24.7 Å².